The van der Waals surface area contributed by atoms with Crippen LogP contribution in [0.25, 0.3) is 0 Å². The van der Waals surface area contributed by atoms with Gasteiger partial charge >= 0.3 is 0 Å². The molecule has 0 radical (unpaired) electrons. The number of nitrogens with one attached hydrogen (secondary N) is 1. The van der Waals surface area contributed by atoms with Crippen LogP contribution in [0.1, 0.15) is 12.7 Å². The van der Waals surface area contributed by atoms with Crippen molar-refractivity contribution in [2.45, 2.75) is 19.5 Å². The number of benzene rings is 1. The summed E-state index contributed by atoms with van der Waals surface area (Å²) in [5.41, 5.74) is 0.272. The lowest BCUT2D eigenvalue weighted by Crippen LogP contribution is -2.47. The summed E-state index contributed by atoms with van der Waals surface area (Å²) in [5.74, 6) is 0.515. The number of sulfonamides is 1. The molecule has 1 N–H and O–H groups in total. The summed E-state index contributed by atoms with van der Waals surface area (Å²) in [6, 6.07) is 6.95. The fourth-order valence-corrected chi connectivity index (χ4v) is 3.75. The molecule has 0 aliphatic carbocycles. The molecular formula is C16H19ClN2O5S. The maximum atomic E-state index is 12.4. The smallest absolute Gasteiger partial charge is 0.243 e. The van der Waals surface area contributed by atoms with Gasteiger partial charge in [-0.3, -0.25) is 9.10 Å². The van der Waals surface area contributed by atoms with E-state index < -0.39 is 22.0 Å². The van der Waals surface area contributed by atoms with Gasteiger partial charge in [-0.25, -0.2) is 8.42 Å². The van der Waals surface area contributed by atoms with Crippen LogP contribution in [0.3, 0.4) is 0 Å². The average molecular weight is 387 g/mol. The van der Waals surface area contributed by atoms with Gasteiger partial charge in [0, 0.05) is 0 Å². The summed E-state index contributed by atoms with van der Waals surface area (Å²) in [5, 5.41) is 2.89. The van der Waals surface area contributed by atoms with Crippen LogP contribution in [0.15, 0.2) is 41.0 Å². The van der Waals surface area contributed by atoms with E-state index >= 15 is 0 Å². The third-order valence-electron chi connectivity index (χ3n) is 3.50. The van der Waals surface area contributed by atoms with E-state index in [0.717, 1.165) is 10.6 Å². The molecule has 1 unspecified atom stereocenters. The standard InChI is InChI=1S/C16H19ClN2O5S/c1-11(16(20)18-10-13-5-4-8-24-13)19(25(3,21)22)12-6-7-15(23-2)14(17)9-12/h4-9,11H,10H2,1-3H3,(H,18,20). The van der Waals surface area contributed by atoms with E-state index in [1.165, 1.54) is 32.4 Å². The predicted octanol–water partition coefficient (Wildman–Crippen LogP) is 2.41. The van der Waals surface area contributed by atoms with Crippen LogP contribution in [0, 0.1) is 0 Å². The van der Waals surface area contributed by atoms with Crippen LogP contribution in [-0.2, 0) is 21.4 Å². The van der Waals surface area contributed by atoms with Crippen molar-refractivity contribution in [1.82, 2.24) is 5.32 Å². The lowest BCUT2D eigenvalue weighted by atomic mass is 10.2. The lowest BCUT2D eigenvalue weighted by Gasteiger charge is -2.28. The van der Waals surface area contributed by atoms with Crippen LogP contribution in [-0.4, -0.2) is 33.7 Å². The average Bonchev–Trinajstić information content (AvgIpc) is 3.05. The molecule has 1 aromatic heterocycles. The first-order valence-corrected chi connectivity index (χ1v) is 9.59. The van der Waals surface area contributed by atoms with Gasteiger partial charge < -0.3 is 14.5 Å². The van der Waals surface area contributed by atoms with E-state index in [1.54, 1.807) is 18.2 Å². The summed E-state index contributed by atoms with van der Waals surface area (Å²) < 4.78 is 35.7. The van der Waals surface area contributed by atoms with Gasteiger partial charge in [-0.2, -0.15) is 0 Å². The van der Waals surface area contributed by atoms with Crippen LogP contribution in [0.4, 0.5) is 5.69 Å². The number of nitrogens with zero attached hydrogens (tertiary/aromatic N) is 1. The lowest BCUT2D eigenvalue weighted by molar-refractivity contribution is -0.122. The number of hydrogen-bond donors (Lipinski definition) is 1. The van der Waals surface area contributed by atoms with Crippen molar-refractivity contribution < 1.29 is 22.4 Å². The molecule has 0 bridgehead atoms. The topological polar surface area (TPSA) is 88.8 Å². The second-order valence-electron chi connectivity index (χ2n) is 5.35. The second-order valence-corrected chi connectivity index (χ2v) is 7.62. The Hall–Kier alpha value is -2.19. The molecule has 0 aliphatic rings. The van der Waals surface area contributed by atoms with Crippen molar-refractivity contribution >= 4 is 33.2 Å². The summed E-state index contributed by atoms with van der Waals surface area (Å²) in [4.78, 5) is 12.4. The van der Waals surface area contributed by atoms with Crippen LogP contribution in [0.5, 0.6) is 5.75 Å². The van der Waals surface area contributed by atoms with Crippen molar-refractivity contribution in [2.24, 2.45) is 0 Å². The van der Waals surface area contributed by atoms with E-state index in [9.17, 15) is 13.2 Å². The Kier molecular flexibility index (Phi) is 5.97. The van der Waals surface area contributed by atoms with Gasteiger partial charge in [0.25, 0.3) is 0 Å². The number of amides is 1. The molecule has 0 aliphatic heterocycles. The van der Waals surface area contributed by atoms with Crippen LogP contribution < -0.4 is 14.4 Å². The van der Waals surface area contributed by atoms with Gasteiger partial charge in [0.05, 0.1) is 36.9 Å². The highest BCUT2D eigenvalue weighted by atomic mass is 35.5. The van der Waals surface area contributed by atoms with Crippen molar-refractivity contribution in [1.29, 1.82) is 0 Å². The van der Waals surface area contributed by atoms with Gasteiger partial charge in [0.2, 0.25) is 15.9 Å². The molecule has 0 saturated heterocycles. The Morgan fingerprint density at radius 3 is 2.64 bits per heavy atom. The Morgan fingerprint density at radius 2 is 2.12 bits per heavy atom. The minimum Gasteiger partial charge on any atom is -0.495 e. The third kappa shape index (κ3) is 4.67. The van der Waals surface area contributed by atoms with Crippen molar-refractivity contribution in [3.05, 3.63) is 47.4 Å². The molecule has 1 amide bonds. The molecule has 1 atom stereocenters. The first-order chi connectivity index (χ1) is 11.7. The van der Waals surface area contributed by atoms with Crippen molar-refractivity contribution in [3.63, 3.8) is 0 Å². The molecule has 25 heavy (non-hydrogen) atoms. The van der Waals surface area contributed by atoms with Crippen molar-refractivity contribution in [3.8, 4) is 5.75 Å². The molecule has 0 fully saturated rings. The minimum atomic E-state index is -3.72. The highest BCUT2D eigenvalue weighted by Crippen LogP contribution is 2.31. The molecule has 2 aromatic rings. The van der Waals surface area contributed by atoms with E-state index in [0.29, 0.717) is 11.5 Å². The molecule has 0 spiro atoms. The number of carbonyl (C=O) groups is 1. The Bertz CT molecular complexity index is 836. The number of methoxy groups -OCH3 is 1. The summed E-state index contributed by atoms with van der Waals surface area (Å²) in [7, 11) is -2.26. The number of halogens is 1. The maximum absolute atomic E-state index is 12.4. The summed E-state index contributed by atoms with van der Waals surface area (Å²) in [6.07, 6.45) is 2.52. The summed E-state index contributed by atoms with van der Waals surface area (Å²) in [6.45, 7) is 1.66. The fourth-order valence-electron chi connectivity index (χ4n) is 2.34. The van der Waals surface area contributed by atoms with Gasteiger partial charge in [-0.05, 0) is 37.3 Å². The molecule has 0 saturated carbocycles. The molecule has 2 rings (SSSR count). The van der Waals surface area contributed by atoms with Crippen molar-refractivity contribution in [2.75, 3.05) is 17.7 Å². The minimum absolute atomic E-state index is 0.164. The number of anilines is 1. The van der Waals surface area contributed by atoms with Gasteiger partial charge in [-0.15, -0.1) is 0 Å². The third-order valence-corrected chi connectivity index (χ3v) is 5.03. The van der Waals surface area contributed by atoms with E-state index in [2.05, 4.69) is 5.32 Å². The SMILES string of the molecule is COc1ccc(N(C(C)C(=O)NCc2ccco2)S(C)(=O)=O)cc1Cl. The Labute approximate surface area is 151 Å². The quantitative estimate of drug-likeness (QED) is 0.789. The normalized spacial score (nSPS) is 12.5. The zero-order chi connectivity index (χ0) is 18.6. The van der Waals surface area contributed by atoms with Crippen LogP contribution >= 0.6 is 11.6 Å². The number of ether oxygens (including phenoxy) is 1. The number of furan rings is 1. The van der Waals surface area contributed by atoms with E-state index in [4.69, 9.17) is 20.8 Å². The highest BCUT2D eigenvalue weighted by Gasteiger charge is 2.29. The first kappa shape index (κ1) is 19.1. The second kappa shape index (κ2) is 7.79. The number of hydrogen-bond acceptors (Lipinski definition) is 5. The fraction of sp³-hybridized carbons (Fsp3) is 0.312. The molecule has 9 heteroatoms. The Morgan fingerprint density at radius 1 is 1.40 bits per heavy atom. The van der Waals surface area contributed by atoms with Crippen LogP contribution in [0.2, 0.25) is 5.02 Å². The molecule has 7 nitrogen and oxygen atoms in total. The molecule has 136 valence electrons. The molecule has 1 aromatic carbocycles. The number of carbonyl (C=O) groups excluding carboxylic acids is 1. The van der Waals surface area contributed by atoms with E-state index in [1.807, 2.05) is 0 Å². The monoisotopic (exact) mass is 386 g/mol. The summed E-state index contributed by atoms with van der Waals surface area (Å²) >= 11 is 6.08. The maximum Gasteiger partial charge on any atom is 0.243 e. The van der Waals surface area contributed by atoms with E-state index in [-0.39, 0.29) is 17.3 Å². The zero-order valence-electron chi connectivity index (χ0n) is 14.0. The molecule has 1 heterocycles. The molecular weight excluding hydrogens is 368 g/mol. The zero-order valence-corrected chi connectivity index (χ0v) is 15.6. The van der Waals surface area contributed by atoms with Gasteiger partial charge in [0.1, 0.15) is 17.6 Å². The van der Waals surface area contributed by atoms with Gasteiger partial charge in [-0.1, -0.05) is 11.6 Å². The highest BCUT2D eigenvalue weighted by molar-refractivity contribution is 7.92. The largest absolute Gasteiger partial charge is 0.495 e. The predicted molar refractivity (Wildman–Crippen MR) is 95.3 cm³/mol. The first-order valence-electron chi connectivity index (χ1n) is 7.37. The Balaban J connectivity index is 2.24. The van der Waals surface area contributed by atoms with Gasteiger partial charge in [0.15, 0.2) is 0 Å². The number of rotatable bonds is 7.